The van der Waals surface area contributed by atoms with Crippen molar-refractivity contribution in [3.8, 4) is 9.97 Å². The van der Waals surface area contributed by atoms with Crippen LogP contribution in [0, 0.1) is 9.97 Å². The van der Waals surface area contributed by atoms with Crippen LogP contribution in [-0.2, 0) is 0 Å². The molecule has 0 rings (SSSR count). The zero-order valence-electron chi connectivity index (χ0n) is 6.71. The summed E-state index contributed by atoms with van der Waals surface area (Å²) >= 11 is 8.73. The number of hydrogen-bond donors (Lipinski definition) is 0. The lowest BCUT2D eigenvalue weighted by Gasteiger charge is -1.93. The van der Waals surface area contributed by atoms with Crippen LogP contribution < -0.4 is 0 Å². The predicted octanol–water partition coefficient (Wildman–Crippen LogP) is 3.15. The third kappa shape index (κ3) is 11.1. The standard InChI is InChI=1S/C8H12Cl.BrH.Mg/c1-2-3-4-5-6-7-8-9;;/h3-8H2;1H;/q;;+1/p-1. The van der Waals surface area contributed by atoms with E-state index in [1.54, 1.807) is 0 Å². The van der Waals surface area contributed by atoms with Gasteiger partial charge in [-0.1, -0.05) is 12.8 Å². The molecule has 0 aliphatic carbocycles. The summed E-state index contributed by atoms with van der Waals surface area (Å²) in [7, 11) is 0. The second-order valence-corrected chi connectivity index (χ2v) is 5.02. The van der Waals surface area contributed by atoms with Gasteiger partial charge < -0.3 is 0 Å². The van der Waals surface area contributed by atoms with Crippen molar-refractivity contribution < 1.29 is 0 Å². The molecule has 60 valence electrons. The van der Waals surface area contributed by atoms with Gasteiger partial charge in [-0.05, 0) is 12.8 Å². The highest BCUT2D eigenvalue weighted by atomic mass is 79.9. The van der Waals surface area contributed by atoms with Gasteiger partial charge >= 0.3 is 18.2 Å². The van der Waals surface area contributed by atoms with Crippen LogP contribution in [0.5, 0.6) is 0 Å². The van der Waals surface area contributed by atoms with E-state index in [9.17, 15) is 0 Å². The minimum absolute atomic E-state index is 0.200. The van der Waals surface area contributed by atoms with Crippen LogP contribution in [0.3, 0.4) is 0 Å². The van der Waals surface area contributed by atoms with E-state index in [1.165, 1.54) is 19.3 Å². The zero-order chi connectivity index (χ0) is 8.36. The van der Waals surface area contributed by atoms with E-state index in [-0.39, 0.29) is 18.2 Å². The van der Waals surface area contributed by atoms with Crippen LogP contribution >= 0.6 is 24.5 Å². The number of unbranched alkanes of at least 4 members (excludes halogenated alkanes) is 4. The molecule has 0 bridgehead atoms. The molecule has 0 nitrogen and oxygen atoms in total. The van der Waals surface area contributed by atoms with E-state index < -0.39 is 0 Å². The summed E-state index contributed by atoms with van der Waals surface area (Å²) in [6, 6.07) is 0. The first kappa shape index (κ1) is 12.1. The Hall–Kier alpha value is 1.10. The van der Waals surface area contributed by atoms with Gasteiger partial charge in [0, 0.05) is 12.3 Å². The molecule has 3 heteroatoms. The highest BCUT2D eigenvalue weighted by Crippen LogP contribution is 2.02. The molecular formula is C8H12BrClMg. The Bertz CT molecular complexity index is 128. The highest BCUT2D eigenvalue weighted by Gasteiger charge is 1.86. The first-order valence-electron chi connectivity index (χ1n) is 3.99. The van der Waals surface area contributed by atoms with Gasteiger partial charge in [0.05, 0.1) is 0 Å². The normalized spacial score (nSPS) is 8.18. The summed E-state index contributed by atoms with van der Waals surface area (Å²) in [6.07, 6.45) is 6.01. The average Bonchev–Trinajstić information content (AvgIpc) is 2.03. The second-order valence-electron chi connectivity index (χ2n) is 2.34. The Morgan fingerprint density at radius 2 is 1.91 bits per heavy atom. The maximum Gasteiger partial charge on any atom is 0.569 e. The fourth-order valence-corrected chi connectivity index (χ4v) is 1.85. The van der Waals surface area contributed by atoms with Crippen LogP contribution in [-0.4, -0.2) is 24.1 Å². The third-order valence-corrected chi connectivity index (χ3v) is 2.87. The largest absolute Gasteiger partial charge is 0.569 e. The van der Waals surface area contributed by atoms with E-state index in [2.05, 4.69) is 22.9 Å². The maximum absolute atomic E-state index is 5.54. The van der Waals surface area contributed by atoms with Crippen molar-refractivity contribution in [2.75, 3.05) is 5.88 Å². The van der Waals surface area contributed by atoms with Crippen molar-refractivity contribution >= 4 is 42.7 Å². The van der Waals surface area contributed by atoms with Crippen molar-refractivity contribution in [2.45, 2.75) is 32.1 Å². The molecule has 0 heterocycles. The Morgan fingerprint density at radius 3 is 2.55 bits per heavy atom. The van der Waals surface area contributed by atoms with Gasteiger partial charge in [-0.2, -0.15) is 0 Å². The number of halogens is 2. The summed E-state index contributed by atoms with van der Waals surface area (Å²) < 4.78 is 3.12. The molecule has 0 unspecified atom stereocenters. The first-order chi connectivity index (χ1) is 5.41. The molecule has 0 aromatic rings. The molecule has 0 fully saturated rings. The van der Waals surface area contributed by atoms with E-state index in [0.717, 1.165) is 18.7 Å². The van der Waals surface area contributed by atoms with E-state index >= 15 is 0 Å². The molecule has 0 radical (unpaired) electrons. The summed E-state index contributed by atoms with van der Waals surface area (Å²) in [5.74, 6) is 3.95. The molecule has 0 amide bonds. The highest BCUT2D eigenvalue weighted by molar-refractivity contribution is 9.23. The fourth-order valence-electron chi connectivity index (χ4n) is 0.797. The van der Waals surface area contributed by atoms with Gasteiger partial charge in [-0.15, -0.1) is 17.5 Å². The fraction of sp³-hybridized carbons (Fsp3) is 0.750. The van der Waals surface area contributed by atoms with E-state index in [1.807, 2.05) is 0 Å². The van der Waals surface area contributed by atoms with E-state index in [4.69, 9.17) is 11.6 Å². The lowest BCUT2D eigenvalue weighted by Crippen LogP contribution is -1.78. The molecular weight excluding hydrogens is 236 g/mol. The molecule has 0 aromatic heterocycles. The maximum atomic E-state index is 5.54. The molecule has 11 heavy (non-hydrogen) atoms. The van der Waals surface area contributed by atoms with Crippen LogP contribution in [0.15, 0.2) is 0 Å². The molecule has 0 aliphatic heterocycles. The van der Waals surface area contributed by atoms with Crippen LogP contribution in [0.2, 0.25) is 0 Å². The summed E-state index contributed by atoms with van der Waals surface area (Å²) in [6.45, 7) is 0. The van der Waals surface area contributed by atoms with Gasteiger partial charge in [0.1, 0.15) is 0 Å². The van der Waals surface area contributed by atoms with Gasteiger partial charge in [-0.25, -0.2) is 0 Å². The first-order valence-corrected chi connectivity index (χ1v) is 9.13. The molecule has 0 atom stereocenters. The number of alkyl halides is 1. The molecule has 0 aromatic carbocycles. The van der Waals surface area contributed by atoms with Crippen molar-refractivity contribution in [1.82, 2.24) is 0 Å². The van der Waals surface area contributed by atoms with Crippen molar-refractivity contribution in [3.05, 3.63) is 0 Å². The topological polar surface area (TPSA) is 0 Å². The van der Waals surface area contributed by atoms with Gasteiger partial charge in [0.15, 0.2) is 0 Å². The molecule has 0 saturated heterocycles. The summed E-state index contributed by atoms with van der Waals surface area (Å²) in [4.78, 5) is 0. The SMILES string of the molecule is ClCCCCCCC#[C][Mg][Br]. The lowest BCUT2D eigenvalue weighted by molar-refractivity contribution is 0.682. The zero-order valence-corrected chi connectivity index (χ0v) is 10.5. The Balaban J connectivity index is 2.90. The van der Waals surface area contributed by atoms with Crippen LogP contribution in [0.25, 0.3) is 0 Å². The van der Waals surface area contributed by atoms with Crippen LogP contribution in [0.4, 0.5) is 0 Å². The molecule has 0 N–H and O–H groups in total. The quantitative estimate of drug-likeness (QED) is 0.303. The van der Waals surface area contributed by atoms with E-state index in [0.29, 0.717) is 0 Å². The Kier molecular flexibility index (Phi) is 12.2. The monoisotopic (exact) mass is 246 g/mol. The summed E-state index contributed by atoms with van der Waals surface area (Å²) in [5, 5.41) is 0. The van der Waals surface area contributed by atoms with Gasteiger partial charge in [0.2, 0.25) is 0 Å². The molecule has 0 aliphatic rings. The second kappa shape index (κ2) is 11.1. The molecule has 0 spiro atoms. The third-order valence-electron chi connectivity index (χ3n) is 1.38. The van der Waals surface area contributed by atoms with Crippen LogP contribution in [0.1, 0.15) is 32.1 Å². The lowest BCUT2D eigenvalue weighted by atomic mass is 10.2. The summed E-state index contributed by atoms with van der Waals surface area (Å²) in [5.41, 5.74) is 0. The Morgan fingerprint density at radius 1 is 1.18 bits per heavy atom. The Labute approximate surface area is 90.0 Å². The van der Waals surface area contributed by atoms with Gasteiger partial charge in [-0.3, -0.25) is 16.9 Å². The number of hydrogen-bond acceptors (Lipinski definition) is 0. The minimum atomic E-state index is -0.200. The smallest absolute Gasteiger partial charge is 0.277 e. The van der Waals surface area contributed by atoms with Crippen molar-refractivity contribution in [2.24, 2.45) is 0 Å². The molecule has 0 saturated carbocycles. The number of rotatable bonds is 5. The average molecular weight is 248 g/mol. The predicted molar refractivity (Wildman–Crippen MR) is 56.3 cm³/mol. The minimum Gasteiger partial charge on any atom is -0.277 e. The van der Waals surface area contributed by atoms with Crippen molar-refractivity contribution in [1.29, 1.82) is 0 Å². The van der Waals surface area contributed by atoms with Crippen molar-refractivity contribution in [3.63, 3.8) is 0 Å². The van der Waals surface area contributed by atoms with Gasteiger partial charge in [0.25, 0.3) is 0 Å².